The topological polar surface area (TPSA) is 55.8 Å². The molecule has 1 fully saturated rings. The van der Waals surface area contributed by atoms with E-state index >= 15 is 0 Å². The summed E-state index contributed by atoms with van der Waals surface area (Å²) in [6, 6.07) is 11.0. The molecule has 0 bridgehead atoms. The van der Waals surface area contributed by atoms with Crippen LogP contribution in [0.25, 0.3) is 0 Å². The van der Waals surface area contributed by atoms with Crippen LogP contribution in [0, 0.1) is 6.92 Å². The van der Waals surface area contributed by atoms with Crippen molar-refractivity contribution in [1.82, 2.24) is 4.31 Å². The van der Waals surface area contributed by atoms with E-state index in [0.29, 0.717) is 30.1 Å². The average Bonchev–Trinajstić information content (AvgIpc) is 3.03. The summed E-state index contributed by atoms with van der Waals surface area (Å²) in [6.45, 7) is 2.89. The minimum atomic E-state index is -3.37. The Hall–Kier alpha value is -1.57. The zero-order valence-electron chi connectivity index (χ0n) is 13.8. The Morgan fingerprint density at radius 3 is 2.21 bits per heavy atom. The molecule has 1 aliphatic rings. The van der Waals surface area contributed by atoms with Gasteiger partial charge in [-0.3, -0.25) is 0 Å². The molecule has 0 radical (unpaired) electrons. The van der Waals surface area contributed by atoms with E-state index < -0.39 is 10.0 Å². The molecule has 5 nitrogen and oxygen atoms in total. The first-order chi connectivity index (χ1) is 11.5. The molecular weight excluding hydrogens is 346 g/mol. The zero-order chi connectivity index (χ0) is 17.2. The second-order valence-electron chi connectivity index (χ2n) is 5.76. The maximum Gasteiger partial charge on any atom is 0.252 e. The number of thiophene rings is 1. The highest BCUT2D eigenvalue weighted by molar-refractivity contribution is 7.91. The van der Waals surface area contributed by atoms with E-state index in [9.17, 15) is 8.42 Å². The van der Waals surface area contributed by atoms with Gasteiger partial charge in [0.25, 0.3) is 10.0 Å². The standard InChI is InChI=1S/C17H21NO4S2/c1-13-3-8-17(23-13)24(19,20)18-11-9-16(10-12-18)22-15-6-4-14(21-2)5-7-15/h3-8,16H,9-12H2,1-2H3. The first-order valence-corrected chi connectivity index (χ1v) is 10.1. The lowest BCUT2D eigenvalue weighted by molar-refractivity contribution is 0.135. The van der Waals surface area contributed by atoms with Crippen molar-refractivity contribution >= 4 is 21.4 Å². The first-order valence-electron chi connectivity index (χ1n) is 7.86. The maximum atomic E-state index is 12.6. The third kappa shape index (κ3) is 3.74. The fourth-order valence-electron chi connectivity index (χ4n) is 2.72. The first kappa shape index (κ1) is 17.3. The highest BCUT2D eigenvalue weighted by Crippen LogP contribution is 2.28. The third-order valence-electron chi connectivity index (χ3n) is 4.07. The Bertz CT molecular complexity index is 775. The molecule has 0 saturated carbocycles. The van der Waals surface area contributed by atoms with E-state index in [2.05, 4.69) is 0 Å². The lowest BCUT2D eigenvalue weighted by Crippen LogP contribution is -2.41. The third-order valence-corrected chi connectivity index (χ3v) is 7.44. The van der Waals surface area contributed by atoms with Crippen LogP contribution in [0.1, 0.15) is 17.7 Å². The van der Waals surface area contributed by atoms with Crippen molar-refractivity contribution in [2.75, 3.05) is 20.2 Å². The Morgan fingerprint density at radius 1 is 1.04 bits per heavy atom. The largest absolute Gasteiger partial charge is 0.497 e. The number of sulfonamides is 1. The molecule has 0 unspecified atom stereocenters. The van der Waals surface area contributed by atoms with Crippen LogP contribution >= 0.6 is 11.3 Å². The minimum Gasteiger partial charge on any atom is -0.497 e. The van der Waals surface area contributed by atoms with Crippen molar-refractivity contribution in [3.8, 4) is 11.5 Å². The average molecular weight is 367 g/mol. The van der Waals surface area contributed by atoms with Crippen LogP contribution in [-0.4, -0.2) is 39.0 Å². The summed E-state index contributed by atoms with van der Waals surface area (Å²) in [7, 11) is -1.74. The molecule has 0 spiro atoms. The molecule has 0 atom stereocenters. The number of piperidine rings is 1. The molecule has 7 heteroatoms. The molecule has 0 amide bonds. The van der Waals surface area contributed by atoms with Crippen molar-refractivity contribution in [2.45, 2.75) is 30.1 Å². The Kier molecular flexibility index (Phi) is 5.12. The molecule has 1 aliphatic heterocycles. The van der Waals surface area contributed by atoms with E-state index in [1.54, 1.807) is 17.5 Å². The molecule has 0 aliphatic carbocycles. The number of ether oxygens (including phenoxy) is 2. The second-order valence-corrected chi connectivity index (χ2v) is 9.21. The van der Waals surface area contributed by atoms with Crippen molar-refractivity contribution in [3.63, 3.8) is 0 Å². The van der Waals surface area contributed by atoms with E-state index in [4.69, 9.17) is 9.47 Å². The lowest BCUT2D eigenvalue weighted by atomic mass is 10.1. The fraction of sp³-hybridized carbons (Fsp3) is 0.412. The van der Waals surface area contributed by atoms with Crippen LogP contribution in [-0.2, 0) is 10.0 Å². The van der Waals surface area contributed by atoms with Crippen molar-refractivity contribution in [3.05, 3.63) is 41.3 Å². The fourth-order valence-corrected chi connectivity index (χ4v) is 5.62. The Labute approximate surface area is 146 Å². The Morgan fingerprint density at radius 2 is 1.67 bits per heavy atom. The predicted octanol–water partition coefficient (Wildman–Crippen LogP) is 3.30. The molecule has 3 rings (SSSR count). The Balaban J connectivity index is 1.59. The summed E-state index contributed by atoms with van der Waals surface area (Å²) in [4.78, 5) is 1.01. The smallest absolute Gasteiger partial charge is 0.252 e. The van der Waals surface area contributed by atoms with Crippen LogP contribution in [0.2, 0.25) is 0 Å². The van der Waals surface area contributed by atoms with E-state index in [0.717, 1.165) is 16.4 Å². The number of methoxy groups -OCH3 is 1. The van der Waals surface area contributed by atoms with Crippen molar-refractivity contribution in [1.29, 1.82) is 0 Å². The number of benzene rings is 1. The van der Waals surface area contributed by atoms with Gasteiger partial charge in [0, 0.05) is 18.0 Å². The number of hydrogen-bond donors (Lipinski definition) is 0. The lowest BCUT2D eigenvalue weighted by Gasteiger charge is -2.31. The van der Waals surface area contributed by atoms with Gasteiger partial charge in [0.2, 0.25) is 0 Å². The number of rotatable bonds is 5. The van der Waals surface area contributed by atoms with Gasteiger partial charge < -0.3 is 9.47 Å². The maximum absolute atomic E-state index is 12.6. The molecule has 2 aromatic rings. The number of hydrogen-bond acceptors (Lipinski definition) is 5. The van der Waals surface area contributed by atoms with E-state index in [1.165, 1.54) is 11.3 Å². The molecule has 1 aromatic heterocycles. The van der Waals surface area contributed by atoms with Gasteiger partial charge in [-0.15, -0.1) is 11.3 Å². The van der Waals surface area contributed by atoms with Crippen molar-refractivity contribution in [2.24, 2.45) is 0 Å². The van der Waals surface area contributed by atoms with Gasteiger partial charge in [-0.1, -0.05) is 0 Å². The normalized spacial score (nSPS) is 16.9. The number of aryl methyl sites for hydroxylation is 1. The molecule has 1 saturated heterocycles. The summed E-state index contributed by atoms with van der Waals surface area (Å²) in [5.74, 6) is 1.57. The van der Waals surface area contributed by atoms with Gasteiger partial charge in [-0.2, -0.15) is 4.31 Å². The van der Waals surface area contributed by atoms with Crippen molar-refractivity contribution < 1.29 is 17.9 Å². The van der Waals surface area contributed by atoms with Gasteiger partial charge in [-0.25, -0.2) is 8.42 Å². The van der Waals surface area contributed by atoms with Gasteiger partial charge >= 0.3 is 0 Å². The van der Waals surface area contributed by atoms with Crippen LogP contribution in [0.5, 0.6) is 11.5 Å². The summed E-state index contributed by atoms with van der Waals surface area (Å²) in [6.07, 6.45) is 1.42. The van der Waals surface area contributed by atoms with Gasteiger partial charge in [0.05, 0.1) is 7.11 Å². The number of nitrogens with zero attached hydrogens (tertiary/aromatic N) is 1. The molecular formula is C17H21NO4S2. The molecule has 24 heavy (non-hydrogen) atoms. The van der Waals surface area contributed by atoms with Gasteiger partial charge in [0.15, 0.2) is 0 Å². The van der Waals surface area contributed by atoms with Gasteiger partial charge in [-0.05, 0) is 56.2 Å². The van der Waals surface area contributed by atoms with E-state index in [1.807, 2.05) is 37.3 Å². The quantitative estimate of drug-likeness (QED) is 0.814. The van der Waals surface area contributed by atoms with Crippen LogP contribution in [0.15, 0.2) is 40.6 Å². The SMILES string of the molecule is COc1ccc(OC2CCN(S(=O)(=O)c3ccc(C)s3)CC2)cc1. The summed E-state index contributed by atoms with van der Waals surface area (Å²) in [5.41, 5.74) is 0. The molecule has 130 valence electrons. The second kappa shape index (κ2) is 7.13. The summed E-state index contributed by atoms with van der Waals surface area (Å²) < 4.78 is 38.3. The summed E-state index contributed by atoms with van der Waals surface area (Å²) in [5, 5.41) is 0. The molecule has 0 N–H and O–H groups in total. The van der Waals surface area contributed by atoms with Crippen LogP contribution in [0.4, 0.5) is 0 Å². The van der Waals surface area contributed by atoms with Crippen LogP contribution < -0.4 is 9.47 Å². The summed E-state index contributed by atoms with van der Waals surface area (Å²) >= 11 is 1.32. The highest BCUT2D eigenvalue weighted by atomic mass is 32.2. The zero-order valence-corrected chi connectivity index (χ0v) is 15.4. The minimum absolute atomic E-state index is 0.0370. The van der Waals surface area contributed by atoms with Crippen LogP contribution in [0.3, 0.4) is 0 Å². The highest BCUT2D eigenvalue weighted by Gasteiger charge is 2.31. The van der Waals surface area contributed by atoms with E-state index in [-0.39, 0.29) is 6.10 Å². The monoisotopic (exact) mass is 367 g/mol. The molecule has 2 heterocycles. The van der Waals surface area contributed by atoms with Gasteiger partial charge in [0.1, 0.15) is 21.8 Å². The molecule has 1 aromatic carbocycles. The predicted molar refractivity (Wildman–Crippen MR) is 94.5 cm³/mol.